The van der Waals surface area contributed by atoms with Crippen molar-refractivity contribution in [3.05, 3.63) is 83.4 Å². The molecule has 6 atom stereocenters. The Kier molecular flexibility index (Phi) is 5.21. The quantitative estimate of drug-likeness (QED) is 0.566. The average molecular weight is 412 g/mol. The third-order valence-corrected chi connectivity index (χ3v) is 6.87. The third-order valence-electron chi connectivity index (χ3n) is 6.87. The largest absolute Gasteiger partial charge is 0.396 e. The first-order valence-electron chi connectivity index (χ1n) is 10.7. The molecule has 0 radical (unpaired) electrons. The molecule has 2 aliphatic heterocycles. The van der Waals surface area contributed by atoms with Crippen molar-refractivity contribution in [3.8, 4) is 0 Å². The summed E-state index contributed by atoms with van der Waals surface area (Å²) in [5.74, 6) is -0.559. The lowest BCUT2D eigenvalue weighted by atomic mass is 9.80. The highest BCUT2D eigenvalue weighted by atomic mass is 19.1. The maximum absolute atomic E-state index is 13.5. The molecule has 1 spiro atoms. The minimum absolute atomic E-state index is 0.0482. The molecule has 1 saturated heterocycles. The van der Waals surface area contributed by atoms with E-state index in [1.54, 1.807) is 18.2 Å². The van der Waals surface area contributed by atoms with Gasteiger partial charge in [-0.25, -0.2) is 8.78 Å². The van der Waals surface area contributed by atoms with E-state index in [2.05, 4.69) is 0 Å². The number of hydrogen-bond donors (Lipinski definition) is 1. The fraction of sp³-hybridized carbons (Fsp3) is 0.440. The van der Waals surface area contributed by atoms with Gasteiger partial charge in [-0.15, -0.1) is 0 Å². The predicted molar refractivity (Wildman–Crippen MR) is 109 cm³/mol. The predicted octanol–water partition coefficient (Wildman–Crippen LogP) is 5.06. The number of fused-ring (bicyclic) bond motifs is 1. The number of epoxide rings is 1. The Labute approximate surface area is 175 Å². The monoisotopic (exact) mass is 412 g/mol. The molecule has 4 aliphatic rings. The Morgan fingerprint density at radius 1 is 0.933 bits per heavy atom. The summed E-state index contributed by atoms with van der Waals surface area (Å²) >= 11 is 0. The van der Waals surface area contributed by atoms with Crippen molar-refractivity contribution in [1.29, 1.82) is 0 Å². The molecule has 1 N–H and O–H groups in total. The zero-order valence-electron chi connectivity index (χ0n) is 16.7. The summed E-state index contributed by atoms with van der Waals surface area (Å²) in [6, 6.07) is 12.8. The van der Waals surface area contributed by atoms with E-state index in [9.17, 15) is 13.9 Å². The standard InChI is InChI=1S/C21H20F2O2.C4H6O/c22-17-6-4-14(5-7-17)20-16(13-24)8-10-21(20)11-9-19(25-21)15-2-1-3-18(23)12-15;1-2-4-3(1)5-4/h1-7,9,11-12,16,19-20,24H,8,10,13H2;3-4H,1-2H2/t16-,19?,20-,21-;/m1./s1. The molecule has 5 heteroatoms. The summed E-state index contributed by atoms with van der Waals surface area (Å²) in [6.45, 7) is 0.0611. The van der Waals surface area contributed by atoms with Gasteiger partial charge in [0.05, 0.1) is 17.8 Å². The molecule has 2 aromatic rings. The van der Waals surface area contributed by atoms with E-state index in [-0.39, 0.29) is 36.2 Å². The van der Waals surface area contributed by atoms with Crippen LogP contribution < -0.4 is 0 Å². The third kappa shape index (κ3) is 3.70. The van der Waals surface area contributed by atoms with Crippen molar-refractivity contribution in [1.82, 2.24) is 0 Å². The van der Waals surface area contributed by atoms with E-state index in [0.717, 1.165) is 36.2 Å². The van der Waals surface area contributed by atoms with Gasteiger partial charge in [-0.2, -0.15) is 0 Å². The van der Waals surface area contributed by atoms with E-state index < -0.39 is 5.60 Å². The molecule has 2 saturated carbocycles. The van der Waals surface area contributed by atoms with Gasteiger partial charge in [0.15, 0.2) is 0 Å². The highest BCUT2D eigenvalue weighted by Crippen LogP contribution is 2.54. The molecule has 0 aromatic heterocycles. The van der Waals surface area contributed by atoms with Gasteiger partial charge in [0.1, 0.15) is 17.7 Å². The Morgan fingerprint density at radius 2 is 1.70 bits per heavy atom. The fourth-order valence-corrected chi connectivity index (χ4v) is 5.05. The SMILES string of the molecule is C1CC2OC12.OC[C@H]1CC[C@@]2(C=CC(c3cccc(F)c3)O2)[C@@H]1c1ccc(F)cc1. The van der Waals surface area contributed by atoms with Gasteiger partial charge >= 0.3 is 0 Å². The number of aliphatic hydroxyl groups excluding tert-OH is 1. The van der Waals surface area contributed by atoms with Crippen LogP contribution in [0.2, 0.25) is 0 Å². The normalized spacial score (nSPS) is 35.5. The van der Waals surface area contributed by atoms with Crippen molar-refractivity contribution >= 4 is 0 Å². The van der Waals surface area contributed by atoms with Crippen LogP contribution in [0, 0.1) is 17.6 Å². The van der Waals surface area contributed by atoms with E-state index in [0.29, 0.717) is 0 Å². The number of halogens is 2. The highest BCUT2D eigenvalue weighted by molar-refractivity contribution is 5.35. The van der Waals surface area contributed by atoms with Gasteiger partial charge in [-0.05, 0) is 67.0 Å². The highest BCUT2D eigenvalue weighted by Gasteiger charge is 2.51. The van der Waals surface area contributed by atoms with Crippen LogP contribution in [0.5, 0.6) is 0 Å². The Balaban J connectivity index is 0.000000331. The van der Waals surface area contributed by atoms with Crippen LogP contribution in [-0.4, -0.2) is 29.5 Å². The van der Waals surface area contributed by atoms with Crippen molar-refractivity contribution < 1.29 is 23.4 Å². The second-order valence-corrected chi connectivity index (χ2v) is 8.71. The smallest absolute Gasteiger partial charge is 0.123 e. The molecule has 30 heavy (non-hydrogen) atoms. The summed E-state index contributed by atoms with van der Waals surface area (Å²) in [4.78, 5) is 0. The first-order chi connectivity index (χ1) is 14.6. The lowest BCUT2D eigenvalue weighted by Gasteiger charge is -2.34. The van der Waals surface area contributed by atoms with Crippen LogP contribution in [0.1, 0.15) is 48.8 Å². The maximum atomic E-state index is 13.5. The van der Waals surface area contributed by atoms with Gasteiger partial charge < -0.3 is 14.6 Å². The van der Waals surface area contributed by atoms with Crippen molar-refractivity contribution in [2.45, 2.75) is 55.5 Å². The first-order valence-corrected chi connectivity index (χ1v) is 10.7. The molecule has 0 amide bonds. The summed E-state index contributed by atoms with van der Waals surface area (Å²) in [5.41, 5.74) is 1.20. The second-order valence-electron chi connectivity index (χ2n) is 8.71. The summed E-state index contributed by atoms with van der Waals surface area (Å²) < 4.78 is 38.3. The van der Waals surface area contributed by atoms with Crippen LogP contribution in [0.15, 0.2) is 60.7 Å². The average Bonchev–Trinajstić information content (AvgIpc) is 3.10. The number of aliphatic hydroxyl groups is 1. The van der Waals surface area contributed by atoms with Crippen LogP contribution in [-0.2, 0) is 9.47 Å². The van der Waals surface area contributed by atoms with Gasteiger partial charge in [-0.3, -0.25) is 0 Å². The summed E-state index contributed by atoms with van der Waals surface area (Å²) in [5, 5.41) is 9.81. The Bertz CT molecular complexity index is 916. The molecule has 158 valence electrons. The lowest BCUT2D eigenvalue weighted by molar-refractivity contribution is -0.0373. The van der Waals surface area contributed by atoms with Gasteiger partial charge in [-0.1, -0.05) is 36.4 Å². The van der Waals surface area contributed by atoms with Gasteiger partial charge in [0.25, 0.3) is 0 Å². The Hall–Kier alpha value is -2.08. The second kappa shape index (κ2) is 7.88. The minimum Gasteiger partial charge on any atom is -0.396 e. The molecule has 2 aliphatic carbocycles. The van der Waals surface area contributed by atoms with Crippen molar-refractivity contribution in [2.75, 3.05) is 6.61 Å². The molecular weight excluding hydrogens is 386 g/mol. The molecule has 2 heterocycles. The summed E-state index contributed by atoms with van der Waals surface area (Å²) in [6.07, 6.45) is 9.45. The van der Waals surface area contributed by atoms with Crippen LogP contribution >= 0.6 is 0 Å². The van der Waals surface area contributed by atoms with E-state index in [4.69, 9.17) is 9.47 Å². The molecule has 2 aromatic carbocycles. The molecule has 3 fully saturated rings. The topological polar surface area (TPSA) is 42.0 Å². The lowest BCUT2D eigenvalue weighted by Crippen LogP contribution is -2.33. The number of hydrogen-bond acceptors (Lipinski definition) is 3. The maximum Gasteiger partial charge on any atom is 0.123 e. The number of rotatable bonds is 3. The van der Waals surface area contributed by atoms with Crippen LogP contribution in [0.3, 0.4) is 0 Å². The van der Waals surface area contributed by atoms with E-state index >= 15 is 0 Å². The Morgan fingerprint density at radius 3 is 2.30 bits per heavy atom. The van der Waals surface area contributed by atoms with Crippen LogP contribution in [0.4, 0.5) is 8.78 Å². The first kappa shape index (κ1) is 19.9. The van der Waals surface area contributed by atoms with Crippen LogP contribution in [0.25, 0.3) is 0 Å². The van der Waals surface area contributed by atoms with E-state index in [1.165, 1.54) is 37.1 Å². The van der Waals surface area contributed by atoms with Crippen molar-refractivity contribution in [3.63, 3.8) is 0 Å². The number of ether oxygens (including phenoxy) is 2. The molecule has 3 nitrogen and oxygen atoms in total. The summed E-state index contributed by atoms with van der Waals surface area (Å²) in [7, 11) is 0. The zero-order valence-corrected chi connectivity index (χ0v) is 16.7. The molecule has 0 bridgehead atoms. The number of benzene rings is 2. The fourth-order valence-electron chi connectivity index (χ4n) is 5.05. The van der Waals surface area contributed by atoms with Gasteiger partial charge in [0, 0.05) is 12.5 Å². The van der Waals surface area contributed by atoms with Gasteiger partial charge in [0.2, 0.25) is 0 Å². The molecule has 3 unspecified atom stereocenters. The molecule has 6 rings (SSSR count). The molecular formula is C25H26F2O3. The van der Waals surface area contributed by atoms with Crippen molar-refractivity contribution in [2.24, 2.45) is 5.92 Å². The minimum atomic E-state index is -0.539. The van der Waals surface area contributed by atoms with E-state index in [1.807, 2.05) is 18.2 Å². The zero-order chi connectivity index (χ0) is 20.7.